The van der Waals surface area contributed by atoms with Gasteiger partial charge in [0.25, 0.3) is 5.91 Å². The molecule has 2 fully saturated rings. The van der Waals surface area contributed by atoms with Crippen LogP contribution in [0.15, 0.2) is 30.3 Å². The summed E-state index contributed by atoms with van der Waals surface area (Å²) in [6.07, 6.45) is 2.25. The summed E-state index contributed by atoms with van der Waals surface area (Å²) >= 11 is 0. The van der Waals surface area contributed by atoms with Gasteiger partial charge in [0.15, 0.2) is 0 Å². The van der Waals surface area contributed by atoms with Crippen LogP contribution in [0.2, 0.25) is 0 Å². The van der Waals surface area contributed by atoms with E-state index in [0.29, 0.717) is 11.8 Å². The van der Waals surface area contributed by atoms with Gasteiger partial charge in [-0.25, -0.2) is 0 Å². The minimum Gasteiger partial charge on any atom is -0.497 e. The van der Waals surface area contributed by atoms with E-state index in [0.717, 1.165) is 54.3 Å². The van der Waals surface area contributed by atoms with E-state index in [1.54, 1.807) is 7.11 Å². The molecule has 1 aromatic heterocycles. The molecular formula is C21H27N3O2. The lowest BCUT2D eigenvalue weighted by molar-refractivity contribution is 0.0779. The summed E-state index contributed by atoms with van der Waals surface area (Å²) in [6.45, 7) is 5.72. The summed E-state index contributed by atoms with van der Waals surface area (Å²) in [5.41, 5.74) is 10.1. The quantitative estimate of drug-likeness (QED) is 0.923. The molecule has 1 saturated carbocycles. The third-order valence-electron chi connectivity index (χ3n) is 6.19. The number of carbonyl (C=O) groups is 1. The van der Waals surface area contributed by atoms with Crippen LogP contribution in [0.3, 0.4) is 0 Å². The van der Waals surface area contributed by atoms with Gasteiger partial charge in [-0.3, -0.25) is 4.79 Å². The van der Waals surface area contributed by atoms with Crippen molar-refractivity contribution in [2.24, 2.45) is 17.6 Å². The molecule has 2 aliphatic rings. The van der Waals surface area contributed by atoms with Gasteiger partial charge in [0.1, 0.15) is 5.75 Å². The number of hydrogen-bond acceptors (Lipinski definition) is 3. The number of nitrogens with two attached hydrogens (primary N) is 1. The Labute approximate surface area is 154 Å². The molecule has 4 rings (SSSR count). The van der Waals surface area contributed by atoms with Crippen LogP contribution >= 0.6 is 0 Å². The van der Waals surface area contributed by atoms with Crippen LogP contribution in [0.1, 0.15) is 34.6 Å². The average molecular weight is 353 g/mol. The van der Waals surface area contributed by atoms with Gasteiger partial charge in [0.2, 0.25) is 0 Å². The fourth-order valence-electron chi connectivity index (χ4n) is 4.75. The molecule has 5 heteroatoms. The summed E-state index contributed by atoms with van der Waals surface area (Å²) < 4.78 is 7.38. The van der Waals surface area contributed by atoms with Crippen LogP contribution in [-0.4, -0.2) is 41.6 Å². The number of likely N-dealkylation sites (tertiary alicyclic amines) is 1. The fourth-order valence-corrected chi connectivity index (χ4v) is 4.75. The molecule has 5 nitrogen and oxygen atoms in total. The van der Waals surface area contributed by atoms with Crippen molar-refractivity contribution in [2.45, 2.75) is 32.7 Å². The molecule has 1 aliphatic carbocycles. The first kappa shape index (κ1) is 17.2. The van der Waals surface area contributed by atoms with Gasteiger partial charge in [-0.1, -0.05) is 0 Å². The van der Waals surface area contributed by atoms with E-state index in [-0.39, 0.29) is 11.9 Å². The first-order chi connectivity index (χ1) is 12.5. The van der Waals surface area contributed by atoms with Crippen LogP contribution in [0.25, 0.3) is 5.69 Å². The molecule has 0 spiro atoms. The largest absolute Gasteiger partial charge is 0.497 e. The van der Waals surface area contributed by atoms with E-state index in [2.05, 4.69) is 4.57 Å². The number of benzene rings is 1. The van der Waals surface area contributed by atoms with E-state index in [1.165, 1.54) is 0 Å². The SMILES string of the molecule is COc1ccc(-n2c(C)cc(C(=O)N3CC4CCC(N)C4C3)c2C)cc1. The zero-order valence-electron chi connectivity index (χ0n) is 15.7. The Bertz CT molecular complexity index is 825. The van der Waals surface area contributed by atoms with Crippen molar-refractivity contribution >= 4 is 5.91 Å². The van der Waals surface area contributed by atoms with Crippen LogP contribution in [0.4, 0.5) is 0 Å². The monoisotopic (exact) mass is 353 g/mol. The van der Waals surface area contributed by atoms with Crippen LogP contribution in [-0.2, 0) is 0 Å². The average Bonchev–Trinajstić information content (AvgIpc) is 3.30. The van der Waals surface area contributed by atoms with Crippen LogP contribution in [0.5, 0.6) is 5.75 Å². The molecule has 1 saturated heterocycles. The molecule has 3 unspecified atom stereocenters. The third-order valence-corrected chi connectivity index (χ3v) is 6.19. The first-order valence-electron chi connectivity index (χ1n) is 9.38. The van der Waals surface area contributed by atoms with Gasteiger partial charge in [0.05, 0.1) is 12.7 Å². The molecule has 2 aromatic rings. The lowest BCUT2D eigenvalue weighted by atomic mass is 9.98. The predicted octanol–water partition coefficient (Wildman–Crippen LogP) is 2.91. The number of nitrogens with zero attached hydrogens (tertiary/aromatic N) is 2. The van der Waals surface area contributed by atoms with Crippen LogP contribution < -0.4 is 10.5 Å². The van der Waals surface area contributed by atoms with E-state index in [4.69, 9.17) is 10.5 Å². The normalized spacial score (nSPS) is 24.8. The number of methoxy groups -OCH3 is 1. The number of fused-ring (bicyclic) bond motifs is 1. The highest BCUT2D eigenvalue weighted by molar-refractivity contribution is 5.96. The molecule has 1 aromatic carbocycles. The van der Waals surface area contributed by atoms with E-state index in [9.17, 15) is 4.79 Å². The van der Waals surface area contributed by atoms with Gasteiger partial charge in [-0.05, 0) is 68.9 Å². The second kappa shape index (κ2) is 6.47. The van der Waals surface area contributed by atoms with Crippen LogP contribution in [0, 0.1) is 25.7 Å². The van der Waals surface area contributed by atoms with Crippen molar-refractivity contribution in [1.82, 2.24) is 9.47 Å². The van der Waals surface area contributed by atoms with Gasteiger partial charge in [-0.15, -0.1) is 0 Å². The summed E-state index contributed by atoms with van der Waals surface area (Å²) in [4.78, 5) is 15.2. The summed E-state index contributed by atoms with van der Waals surface area (Å²) in [7, 11) is 1.66. The Morgan fingerprint density at radius 3 is 2.54 bits per heavy atom. The number of aryl methyl sites for hydroxylation is 1. The Hall–Kier alpha value is -2.27. The maximum absolute atomic E-state index is 13.2. The molecule has 1 aliphatic heterocycles. The maximum atomic E-state index is 13.2. The lowest BCUT2D eigenvalue weighted by Gasteiger charge is -2.19. The zero-order valence-corrected chi connectivity index (χ0v) is 15.7. The van der Waals surface area contributed by atoms with E-state index in [1.807, 2.05) is 49.1 Å². The number of rotatable bonds is 3. The standard InChI is InChI=1S/C21H27N3O2/c1-13-10-18(14(2)24(13)16-5-7-17(26-3)8-6-16)21(25)23-11-15-4-9-20(22)19(15)12-23/h5-8,10,15,19-20H,4,9,11-12,22H2,1-3H3. The number of aromatic nitrogens is 1. The van der Waals surface area contributed by atoms with Gasteiger partial charge in [0, 0.05) is 36.2 Å². The highest BCUT2D eigenvalue weighted by Crippen LogP contribution is 2.38. The molecule has 2 N–H and O–H groups in total. The Kier molecular flexibility index (Phi) is 4.27. The Morgan fingerprint density at radius 1 is 1.15 bits per heavy atom. The van der Waals surface area contributed by atoms with Crippen molar-refractivity contribution in [3.8, 4) is 11.4 Å². The Balaban J connectivity index is 1.61. The molecule has 0 radical (unpaired) electrons. The fraction of sp³-hybridized carbons (Fsp3) is 0.476. The highest BCUT2D eigenvalue weighted by Gasteiger charge is 2.43. The minimum atomic E-state index is 0.138. The molecule has 138 valence electrons. The first-order valence-corrected chi connectivity index (χ1v) is 9.38. The number of amides is 1. The molecule has 26 heavy (non-hydrogen) atoms. The van der Waals surface area contributed by atoms with Crippen molar-refractivity contribution in [3.63, 3.8) is 0 Å². The highest BCUT2D eigenvalue weighted by atomic mass is 16.5. The van der Waals surface area contributed by atoms with Crippen molar-refractivity contribution < 1.29 is 9.53 Å². The Morgan fingerprint density at radius 2 is 1.88 bits per heavy atom. The van der Waals surface area contributed by atoms with E-state index >= 15 is 0 Å². The smallest absolute Gasteiger partial charge is 0.255 e. The van der Waals surface area contributed by atoms with Gasteiger partial charge < -0.3 is 19.9 Å². The minimum absolute atomic E-state index is 0.138. The second-order valence-corrected chi connectivity index (χ2v) is 7.69. The van der Waals surface area contributed by atoms with Crippen molar-refractivity contribution in [2.75, 3.05) is 20.2 Å². The van der Waals surface area contributed by atoms with E-state index < -0.39 is 0 Å². The molecule has 3 atom stereocenters. The van der Waals surface area contributed by atoms with Gasteiger partial charge >= 0.3 is 0 Å². The van der Waals surface area contributed by atoms with Crippen molar-refractivity contribution in [3.05, 3.63) is 47.3 Å². The third kappa shape index (κ3) is 2.71. The maximum Gasteiger partial charge on any atom is 0.255 e. The number of hydrogen-bond donors (Lipinski definition) is 1. The second-order valence-electron chi connectivity index (χ2n) is 7.69. The van der Waals surface area contributed by atoms with Crippen molar-refractivity contribution in [1.29, 1.82) is 0 Å². The molecule has 1 amide bonds. The summed E-state index contributed by atoms with van der Waals surface area (Å²) in [5, 5.41) is 0. The molecular weight excluding hydrogens is 326 g/mol. The molecule has 2 heterocycles. The van der Waals surface area contributed by atoms with Gasteiger partial charge in [-0.2, -0.15) is 0 Å². The number of ether oxygens (including phenoxy) is 1. The number of carbonyl (C=O) groups excluding carboxylic acids is 1. The zero-order chi connectivity index (χ0) is 18.4. The summed E-state index contributed by atoms with van der Waals surface area (Å²) in [6, 6.07) is 10.2. The predicted molar refractivity (Wildman–Crippen MR) is 102 cm³/mol. The molecule has 0 bridgehead atoms. The lowest BCUT2D eigenvalue weighted by Crippen LogP contribution is -2.33. The topological polar surface area (TPSA) is 60.5 Å². The summed E-state index contributed by atoms with van der Waals surface area (Å²) in [5.74, 6) is 2.02.